The molecule has 0 aromatic carbocycles. The Morgan fingerprint density at radius 2 is 1.52 bits per heavy atom. The van der Waals surface area contributed by atoms with E-state index < -0.39 is 5.97 Å². The van der Waals surface area contributed by atoms with Crippen LogP contribution in [0.25, 0.3) is 0 Å². The molecule has 0 radical (unpaired) electrons. The molecule has 0 unspecified atom stereocenters. The zero-order valence-corrected chi connectivity index (χ0v) is 11.8. The number of carboxylic acids is 1. The summed E-state index contributed by atoms with van der Waals surface area (Å²) in [5.74, 6) is -0.845. The van der Waals surface area contributed by atoms with Crippen molar-refractivity contribution in [3.63, 3.8) is 0 Å². The molecule has 2 saturated carbocycles. The van der Waals surface area contributed by atoms with Crippen molar-refractivity contribution in [3.05, 3.63) is 12.2 Å². The van der Waals surface area contributed by atoms with Crippen molar-refractivity contribution < 1.29 is 19.5 Å². The van der Waals surface area contributed by atoms with Crippen molar-refractivity contribution in [1.29, 1.82) is 0 Å². The number of imide groups is 1. The fourth-order valence-electron chi connectivity index (χ4n) is 4.87. The number of hydrogen-bond donors (Lipinski definition) is 1. The maximum atomic E-state index is 12.7. The first-order valence-electron chi connectivity index (χ1n) is 7.86. The van der Waals surface area contributed by atoms with E-state index in [1.165, 1.54) is 4.90 Å². The summed E-state index contributed by atoms with van der Waals surface area (Å²) in [5, 5.41) is 9.05. The molecule has 3 aliphatic carbocycles. The Hall–Kier alpha value is -1.65. The zero-order valence-electron chi connectivity index (χ0n) is 11.8. The maximum Gasteiger partial charge on any atom is 0.306 e. The molecule has 5 nitrogen and oxygen atoms in total. The number of amides is 2. The van der Waals surface area contributed by atoms with Crippen LogP contribution in [0, 0.1) is 29.6 Å². The molecular weight excluding hydrogens is 270 g/mol. The van der Waals surface area contributed by atoms with Gasteiger partial charge in [-0.05, 0) is 43.9 Å². The summed E-state index contributed by atoms with van der Waals surface area (Å²) in [6.45, 7) is 0. The van der Waals surface area contributed by atoms with Gasteiger partial charge in [-0.3, -0.25) is 19.3 Å². The van der Waals surface area contributed by atoms with Gasteiger partial charge >= 0.3 is 5.97 Å². The Balaban J connectivity index is 1.51. The highest BCUT2D eigenvalue weighted by molar-refractivity contribution is 6.06. The standard InChI is InChI=1S/C16H19NO4/c18-14-12-9-1-2-10(7-9)13(12)15(19)17(14)11-5-3-8(4-6-11)16(20)21/h1-2,8-13H,3-7H2,(H,20,21)/t8?,9-,10+,11?,12+,13-. The molecule has 0 spiro atoms. The van der Waals surface area contributed by atoms with Crippen molar-refractivity contribution in [3.8, 4) is 0 Å². The third-order valence-corrected chi connectivity index (χ3v) is 5.92. The number of carbonyl (C=O) groups is 3. The Morgan fingerprint density at radius 3 is 2.00 bits per heavy atom. The highest BCUT2D eigenvalue weighted by Crippen LogP contribution is 2.53. The molecule has 21 heavy (non-hydrogen) atoms. The van der Waals surface area contributed by atoms with E-state index in [-0.39, 0.29) is 47.4 Å². The molecule has 4 rings (SSSR count). The predicted molar refractivity (Wildman–Crippen MR) is 73.0 cm³/mol. The lowest BCUT2D eigenvalue weighted by Gasteiger charge is -2.32. The van der Waals surface area contributed by atoms with E-state index >= 15 is 0 Å². The fourth-order valence-corrected chi connectivity index (χ4v) is 4.87. The first kappa shape index (κ1) is 13.0. The smallest absolute Gasteiger partial charge is 0.306 e. The van der Waals surface area contributed by atoms with Crippen LogP contribution in [0.4, 0.5) is 0 Å². The predicted octanol–water partition coefficient (Wildman–Crippen LogP) is 1.44. The molecule has 5 heteroatoms. The molecule has 1 aliphatic heterocycles. The van der Waals surface area contributed by atoms with Crippen LogP contribution in [0.2, 0.25) is 0 Å². The lowest BCUT2D eigenvalue weighted by molar-refractivity contribution is -0.146. The number of likely N-dealkylation sites (tertiary alicyclic amines) is 1. The van der Waals surface area contributed by atoms with E-state index in [4.69, 9.17) is 5.11 Å². The second-order valence-electron chi connectivity index (χ2n) is 6.89. The van der Waals surface area contributed by atoms with Crippen molar-refractivity contribution in [2.45, 2.75) is 38.1 Å². The molecule has 1 heterocycles. The third kappa shape index (κ3) is 1.72. The SMILES string of the molecule is O=C(O)C1CCC(N2C(=O)[C@@H]3[C@H](C2=O)[C@H]2C=C[C@@H]3C2)CC1. The molecule has 0 aromatic heterocycles. The molecular formula is C16H19NO4. The summed E-state index contributed by atoms with van der Waals surface area (Å²) >= 11 is 0. The van der Waals surface area contributed by atoms with Gasteiger partial charge in [0.05, 0.1) is 17.8 Å². The van der Waals surface area contributed by atoms with E-state index in [2.05, 4.69) is 12.2 Å². The second-order valence-corrected chi connectivity index (χ2v) is 6.89. The summed E-state index contributed by atoms with van der Waals surface area (Å²) in [7, 11) is 0. The average Bonchev–Trinajstić information content (AvgIpc) is 3.13. The molecule has 4 aliphatic rings. The van der Waals surface area contributed by atoms with Gasteiger partial charge in [0.15, 0.2) is 0 Å². The van der Waals surface area contributed by atoms with E-state index in [1.807, 2.05) is 0 Å². The van der Waals surface area contributed by atoms with Crippen molar-refractivity contribution in [2.75, 3.05) is 0 Å². The number of rotatable bonds is 2. The van der Waals surface area contributed by atoms with Crippen LogP contribution in [0.15, 0.2) is 12.2 Å². The number of carboxylic acid groups (broad SMARTS) is 1. The van der Waals surface area contributed by atoms with Gasteiger partial charge in [0, 0.05) is 6.04 Å². The minimum absolute atomic E-state index is 0.000579. The monoisotopic (exact) mass is 289 g/mol. The summed E-state index contributed by atoms with van der Waals surface area (Å²) in [6, 6.07) is -0.0781. The first-order valence-corrected chi connectivity index (χ1v) is 7.86. The number of carbonyl (C=O) groups excluding carboxylic acids is 2. The quantitative estimate of drug-likeness (QED) is 0.616. The van der Waals surface area contributed by atoms with E-state index in [0.29, 0.717) is 25.7 Å². The van der Waals surface area contributed by atoms with Gasteiger partial charge in [0.1, 0.15) is 0 Å². The van der Waals surface area contributed by atoms with Crippen LogP contribution in [-0.4, -0.2) is 33.8 Å². The summed E-state index contributed by atoms with van der Waals surface area (Å²) in [5.41, 5.74) is 0. The van der Waals surface area contributed by atoms with E-state index in [1.54, 1.807) is 0 Å². The van der Waals surface area contributed by atoms with Gasteiger partial charge in [-0.2, -0.15) is 0 Å². The largest absolute Gasteiger partial charge is 0.481 e. The molecule has 112 valence electrons. The average molecular weight is 289 g/mol. The second kappa shape index (κ2) is 4.42. The Morgan fingerprint density at radius 1 is 1.00 bits per heavy atom. The summed E-state index contributed by atoms with van der Waals surface area (Å²) < 4.78 is 0. The zero-order chi connectivity index (χ0) is 14.7. The number of fused-ring (bicyclic) bond motifs is 5. The molecule has 1 N–H and O–H groups in total. The highest BCUT2D eigenvalue weighted by Gasteiger charge is 2.60. The Bertz CT molecular complexity index is 516. The van der Waals surface area contributed by atoms with Crippen LogP contribution in [0.3, 0.4) is 0 Å². The van der Waals surface area contributed by atoms with E-state index in [0.717, 1.165) is 6.42 Å². The third-order valence-electron chi connectivity index (χ3n) is 5.92. The number of hydrogen-bond acceptors (Lipinski definition) is 3. The normalized spacial score (nSPS) is 44.5. The van der Waals surface area contributed by atoms with Crippen LogP contribution >= 0.6 is 0 Å². The first-order chi connectivity index (χ1) is 10.1. The van der Waals surface area contributed by atoms with Gasteiger partial charge in [-0.25, -0.2) is 0 Å². The molecule has 2 amide bonds. The van der Waals surface area contributed by atoms with Crippen LogP contribution < -0.4 is 0 Å². The fraction of sp³-hybridized carbons (Fsp3) is 0.688. The minimum atomic E-state index is -0.758. The number of nitrogens with zero attached hydrogens (tertiary/aromatic N) is 1. The minimum Gasteiger partial charge on any atom is -0.481 e. The van der Waals surface area contributed by atoms with Gasteiger partial charge in [-0.1, -0.05) is 12.2 Å². The van der Waals surface area contributed by atoms with Gasteiger partial charge in [0.2, 0.25) is 11.8 Å². The van der Waals surface area contributed by atoms with Crippen LogP contribution in [0.1, 0.15) is 32.1 Å². The molecule has 1 saturated heterocycles. The molecule has 0 aromatic rings. The van der Waals surface area contributed by atoms with Crippen LogP contribution in [0.5, 0.6) is 0 Å². The molecule has 3 fully saturated rings. The number of aliphatic carboxylic acids is 1. The lowest BCUT2D eigenvalue weighted by atomic mass is 9.85. The van der Waals surface area contributed by atoms with Gasteiger partial charge in [-0.15, -0.1) is 0 Å². The Kier molecular flexibility index (Phi) is 2.75. The van der Waals surface area contributed by atoms with Crippen LogP contribution in [-0.2, 0) is 14.4 Å². The van der Waals surface area contributed by atoms with E-state index in [9.17, 15) is 14.4 Å². The van der Waals surface area contributed by atoms with Crippen molar-refractivity contribution in [2.24, 2.45) is 29.6 Å². The summed E-state index contributed by atoms with van der Waals surface area (Å²) in [6.07, 6.45) is 7.55. The highest BCUT2D eigenvalue weighted by atomic mass is 16.4. The van der Waals surface area contributed by atoms with Crippen molar-refractivity contribution >= 4 is 17.8 Å². The number of allylic oxidation sites excluding steroid dienone is 2. The Labute approximate surface area is 123 Å². The molecule has 4 atom stereocenters. The lowest BCUT2D eigenvalue weighted by Crippen LogP contribution is -2.44. The topological polar surface area (TPSA) is 74.7 Å². The summed E-state index contributed by atoms with van der Waals surface area (Å²) in [4.78, 5) is 37.8. The van der Waals surface area contributed by atoms with Crippen molar-refractivity contribution in [1.82, 2.24) is 4.90 Å². The van der Waals surface area contributed by atoms with Gasteiger partial charge < -0.3 is 5.11 Å². The molecule has 2 bridgehead atoms. The maximum absolute atomic E-state index is 12.7. The van der Waals surface area contributed by atoms with Gasteiger partial charge in [0.25, 0.3) is 0 Å².